The van der Waals surface area contributed by atoms with E-state index in [1.165, 1.54) is 6.07 Å². The third-order valence-electron chi connectivity index (χ3n) is 1.97. The summed E-state index contributed by atoms with van der Waals surface area (Å²) in [5, 5.41) is 0. The molecule has 0 aliphatic heterocycles. The minimum Gasteiger partial charge on any atom is -0.383 e. The van der Waals surface area contributed by atoms with Gasteiger partial charge in [-0.25, -0.2) is 9.37 Å². The first kappa shape index (κ1) is 8.69. The quantitative estimate of drug-likeness (QED) is 0.746. The van der Waals surface area contributed by atoms with E-state index < -0.39 is 0 Å². The third kappa shape index (κ3) is 1.57. The third-order valence-corrected chi connectivity index (χ3v) is 1.97. The lowest BCUT2D eigenvalue weighted by Crippen LogP contribution is -1.94. The van der Waals surface area contributed by atoms with E-state index in [2.05, 4.69) is 4.98 Å². The Labute approximate surface area is 81.2 Å². The molecule has 0 radical (unpaired) electrons. The SMILES string of the molecule is Nc1ncc(F)cc1-c1ccccc1. The largest absolute Gasteiger partial charge is 0.383 e. The van der Waals surface area contributed by atoms with E-state index in [-0.39, 0.29) is 5.82 Å². The summed E-state index contributed by atoms with van der Waals surface area (Å²) in [5.41, 5.74) is 7.15. The molecule has 0 aliphatic carbocycles. The topological polar surface area (TPSA) is 38.9 Å². The number of nitrogens with zero attached hydrogens (tertiary/aromatic N) is 1. The van der Waals surface area contributed by atoms with E-state index in [1.807, 2.05) is 30.3 Å². The first-order valence-electron chi connectivity index (χ1n) is 4.24. The normalized spacial score (nSPS) is 10.1. The van der Waals surface area contributed by atoms with E-state index in [0.717, 1.165) is 11.8 Å². The number of pyridine rings is 1. The van der Waals surface area contributed by atoms with Gasteiger partial charge in [-0.05, 0) is 11.6 Å². The summed E-state index contributed by atoms with van der Waals surface area (Å²) in [7, 11) is 0. The second-order valence-corrected chi connectivity index (χ2v) is 2.95. The number of benzene rings is 1. The summed E-state index contributed by atoms with van der Waals surface area (Å²) in [4.78, 5) is 3.76. The number of nitrogens with two attached hydrogens (primary N) is 1. The maximum atomic E-state index is 12.9. The molecule has 2 nitrogen and oxygen atoms in total. The van der Waals surface area contributed by atoms with Gasteiger partial charge in [0.15, 0.2) is 0 Å². The summed E-state index contributed by atoms with van der Waals surface area (Å²) < 4.78 is 12.9. The molecule has 0 unspecified atom stereocenters. The van der Waals surface area contributed by atoms with Crippen LogP contribution < -0.4 is 5.73 Å². The van der Waals surface area contributed by atoms with Gasteiger partial charge in [0.25, 0.3) is 0 Å². The van der Waals surface area contributed by atoms with Crippen molar-refractivity contribution in [3.8, 4) is 11.1 Å². The van der Waals surface area contributed by atoms with Crippen LogP contribution in [0.3, 0.4) is 0 Å². The number of rotatable bonds is 1. The van der Waals surface area contributed by atoms with Crippen molar-refractivity contribution < 1.29 is 4.39 Å². The summed E-state index contributed by atoms with van der Waals surface area (Å²) in [6.45, 7) is 0. The van der Waals surface area contributed by atoms with Gasteiger partial charge in [0.1, 0.15) is 11.6 Å². The number of aromatic nitrogens is 1. The molecule has 0 atom stereocenters. The van der Waals surface area contributed by atoms with Gasteiger partial charge in [-0.3, -0.25) is 0 Å². The van der Waals surface area contributed by atoms with Crippen molar-refractivity contribution in [1.82, 2.24) is 4.98 Å². The van der Waals surface area contributed by atoms with Gasteiger partial charge < -0.3 is 5.73 Å². The van der Waals surface area contributed by atoms with Crippen molar-refractivity contribution in [3.63, 3.8) is 0 Å². The van der Waals surface area contributed by atoms with Gasteiger partial charge in [-0.1, -0.05) is 30.3 Å². The summed E-state index contributed by atoms with van der Waals surface area (Å²) >= 11 is 0. The standard InChI is InChI=1S/C11H9FN2/c12-9-6-10(11(13)14-7-9)8-4-2-1-3-5-8/h1-7H,(H2,13,14). The first-order valence-corrected chi connectivity index (χ1v) is 4.24. The fourth-order valence-electron chi connectivity index (χ4n) is 1.30. The molecule has 1 aromatic carbocycles. The predicted octanol–water partition coefficient (Wildman–Crippen LogP) is 2.47. The minimum atomic E-state index is -0.377. The molecule has 3 heteroatoms. The molecule has 1 heterocycles. The zero-order chi connectivity index (χ0) is 9.97. The zero-order valence-corrected chi connectivity index (χ0v) is 7.44. The van der Waals surface area contributed by atoms with Crippen LogP contribution in [0.15, 0.2) is 42.6 Å². The number of halogens is 1. The molecule has 1 aromatic heterocycles. The molecular weight excluding hydrogens is 179 g/mol. The molecule has 70 valence electrons. The van der Waals surface area contributed by atoms with Crippen molar-refractivity contribution in [2.75, 3.05) is 5.73 Å². The van der Waals surface area contributed by atoms with Crippen LogP contribution in [0.5, 0.6) is 0 Å². The molecule has 0 spiro atoms. The summed E-state index contributed by atoms with van der Waals surface area (Å²) in [6, 6.07) is 10.8. The molecule has 2 N–H and O–H groups in total. The van der Waals surface area contributed by atoms with E-state index in [0.29, 0.717) is 11.4 Å². The smallest absolute Gasteiger partial charge is 0.142 e. The van der Waals surface area contributed by atoms with Crippen molar-refractivity contribution >= 4 is 5.82 Å². The monoisotopic (exact) mass is 188 g/mol. The fraction of sp³-hybridized carbons (Fsp3) is 0. The predicted molar refractivity (Wildman–Crippen MR) is 54.0 cm³/mol. The molecule has 0 amide bonds. The second kappa shape index (κ2) is 3.46. The highest BCUT2D eigenvalue weighted by atomic mass is 19.1. The molecule has 0 bridgehead atoms. The Morgan fingerprint density at radius 3 is 2.57 bits per heavy atom. The van der Waals surface area contributed by atoms with Gasteiger partial charge in [-0.15, -0.1) is 0 Å². The molecular formula is C11H9FN2. The molecule has 14 heavy (non-hydrogen) atoms. The highest BCUT2D eigenvalue weighted by molar-refractivity contribution is 5.73. The van der Waals surface area contributed by atoms with Crippen LogP contribution in [0.25, 0.3) is 11.1 Å². The number of nitrogen functional groups attached to an aromatic ring is 1. The average molecular weight is 188 g/mol. The molecule has 0 saturated carbocycles. The Kier molecular flexibility index (Phi) is 2.14. The lowest BCUT2D eigenvalue weighted by Gasteiger charge is -2.03. The molecule has 2 aromatic rings. The van der Waals surface area contributed by atoms with Gasteiger partial charge in [0, 0.05) is 5.56 Å². The van der Waals surface area contributed by atoms with Crippen LogP contribution in [0.4, 0.5) is 10.2 Å². The fourth-order valence-corrected chi connectivity index (χ4v) is 1.30. The number of hydrogen-bond acceptors (Lipinski definition) is 2. The van der Waals surface area contributed by atoms with Gasteiger partial charge >= 0.3 is 0 Å². The van der Waals surface area contributed by atoms with Crippen molar-refractivity contribution in [2.24, 2.45) is 0 Å². The maximum absolute atomic E-state index is 12.9. The summed E-state index contributed by atoms with van der Waals surface area (Å²) in [6.07, 6.45) is 1.11. The highest BCUT2D eigenvalue weighted by Crippen LogP contribution is 2.23. The van der Waals surface area contributed by atoms with E-state index in [9.17, 15) is 4.39 Å². The van der Waals surface area contributed by atoms with Crippen molar-refractivity contribution in [3.05, 3.63) is 48.4 Å². The number of anilines is 1. The minimum absolute atomic E-state index is 0.345. The van der Waals surface area contributed by atoms with Crippen LogP contribution >= 0.6 is 0 Å². The van der Waals surface area contributed by atoms with E-state index in [4.69, 9.17) is 5.73 Å². The van der Waals surface area contributed by atoms with Crippen LogP contribution in [-0.4, -0.2) is 4.98 Å². The highest BCUT2D eigenvalue weighted by Gasteiger charge is 2.04. The Bertz CT molecular complexity index is 440. The van der Waals surface area contributed by atoms with Crippen LogP contribution in [-0.2, 0) is 0 Å². The Balaban J connectivity index is 2.57. The Hall–Kier alpha value is -1.90. The van der Waals surface area contributed by atoms with Crippen LogP contribution in [0.1, 0.15) is 0 Å². The Morgan fingerprint density at radius 2 is 1.86 bits per heavy atom. The van der Waals surface area contributed by atoms with E-state index >= 15 is 0 Å². The second-order valence-electron chi connectivity index (χ2n) is 2.95. The molecule has 0 aliphatic rings. The van der Waals surface area contributed by atoms with Crippen molar-refractivity contribution in [2.45, 2.75) is 0 Å². The molecule has 2 rings (SSSR count). The lowest BCUT2D eigenvalue weighted by atomic mass is 10.1. The Morgan fingerprint density at radius 1 is 1.14 bits per heavy atom. The lowest BCUT2D eigenvalue weighted by molar-refractivity contribution is 0.622. The number of hydrogen-bond donors (Lipinski definition) is 1. The summed E-state index contributed by atoms with van der Waals surface area (Å²) in [5.74, 6) is -0.0318. The van der Waals surface area contributed by atoms with Gasteiger partial charge in [0.2, 0.25) is 0 Å². The van der Waals surface area contributed by atoms with Crippen LogP contribution in [0, 0.1) is 5.82 Å². The van der Waals surface area contributed by atoms with E-state index in [1.54, 1.807) is 0 Å². The first-order chi connectivity index (χ1) is 6.77. The van der Waals surface area contributed by atoms with Crippen LogP contribution in [0.2, 0.25) is 0 Å². The zero-order valence-electron chi connectivity index (χ0n) is 7.44. The van der Waals surface area contributed by atoms with Gasteiger partial charge in [-0.2, -0.15) is 0 Å². The van der Waals surface area contributed by atoms with Crippen molar-refractivity contribution in [1.29, 1.82) is 0 Å². The van der Waals surface area contributed by atoms with Gasteiger partial charge in [0.05, 0.1) is 6.20 Å². The molecule has 0 fully saturated rings. The average Bonchev–Trinajstić information content (AvgIpc) is 2.23. The molecule has 0 saturated heterocycles. The maximum Gasteiger partial charge on any atom is 0.142 e.